The SMILES string of the molecule is CCNCc1ccc(Oc2ccccc2CC)cc1. The van der Waals surface area contributed by atoms with Crippen LogP contribution < -0.4 is 10.1 Å². The Morgan fingerprint density at radius 3 is 2.37 bits per heavy atom. The van der Waals surface area contributed by atoms with Gasteiger partial charge in [0.05, 0.1) is 0 Å². The molecule has 19 heavy (non-hydrogen) atoms. The van der Waals surface area contributed by atoms with E-state index in [1.165, 1.54) is 11.1 Å². The molecule has 0 saturated carbocycles. The summed E-state index contributed by atoms with van der Waals surface area (Å²) in [4.78, 5) is 0. The van der Waals surface area contributed by atoms with Crippen LogP contribution in [0.1, 0.15) is 25.0 Å². The standard InChI is InChI=1S/C17H21NO/c1-3-15-7-5-6-8-17(15)19-16-11-9-14(10-12-16)13-18-4-2/h5-12,18H,3-4,13H2,1-2H3. The van der Waals surface area contributed by atoms with Gasteiger partial charge in [0.25, 0.3) is 0 Å². The first-order chi connectivity index (χ1) is 9.33. The molecule has 0 heterocycles. The van der Waals surface area contributed by atoms with Gasteiger partial charge in [0.15, 0.2) is 0 Å². The summed E-state index contributed by atoms with van der Waals surface area (Å²) in [5.74, 6) is 1.84. The van der Waals surface area contributed by atoms with E-state index >= 15 is 0 Å². The first-order valence-electron chi connectivity index (χ1n) is 6.89. The number of nitrogens with one attached hydrogen (secondary N) is 1. The average molecular weight is 255 g/mol. The fourth-order valence-electron chi connectivity index (χ4n) is 1.97. The van der Waals surface area contributed by atoms with Gasteiger partial charge in [-0.2, -0.15) is 0 Å². The van der Waals surface area contributed by atoms with Crippen molar-refractivity contribution in [2.45, 2.75) is 26.8 Å². The third-order valence-electron chi connectivity index (χ3n) is 3.08. The molecule has 0 aliphatic carbocycles. The molecular formula is C17H21NO. The molecule has 0 bridgehead atoms. The average Bonchev–Trinajstić information content (AvgIpc) is 2.47. The molecule has 2 aromatic rings. The lowest BCUT2D eigenvalue weighted by Gasteiger charge is -2.10. The molecule has 2 rings (SSSR count). The Morgan fingerprint density at radius 1 is 0.947 bits per heavy atom. The number of benzene rings is 2. The summed E-state index contributed by atoms with van der Waals surface area (Å²) < 4.78 is 5.94. The minimum Gasteiger partial charge on any atom is -0.457 e. The van der Waals surface area contributed by atoms with E-state index in [0.29, 0.717) is 0 Å². The molecule has 2 heteroatoms. The quantitative estimate of drug-likeness (QED) is 0.837. The normalized spacial score (nSPS) is 10.4. The van der Waals surface area contributed by atoms with E-state index in [2.05, 4.69) is 37.4 Å². The zero-order valence-corrected chi connectivity index (χ0v) is 11.6. The molecule has 0 aliphatic rings. The predicted molar refractivity (Wildman–Crippen MR) is 79.7 cm³/mol. The Labute approximate surface area is 115 Å². The van der Waals surface area contributed by atoms with Crippen molar-refractivity contribution in [3.63, 3.8) is 0 Å². The van der Waals surface area contributed by atoms with Crippen molar-refractivity contribution in [2.24, 2.45) is 0 Å². The summed E-state index contributed by atoms with van der Waals surface area (Å²) in [6.07, 6.45) is 0.981. The maximum Gasteiger partial charge on any atom is 0.130 e. The van der Waals surface area contributed by atoms with Gasteiger partial charge < -0.3 is 10.1 Å². The van der Waals surface area contributed by atoms with Crippen molar-refractivity contribution in [1.29, 1.82) is 0 Å². The highest BCUT2D eigenvalue weighted by Gasteiger charge is 2.02. The van der Waals surface area contributed by atoms with Crippen molar-refractivity contribution >= 4 is 0 Å². The second kappa shape index (κ2) is 6.95. The van der Waals surface area contributed by atoms with Crippen molar-refractivity contribution in [1.82, 2.24) is 5.32 Å². The van der Waals surface area contributed by atoms with Gasteiger partial charge in [-0.05, 0) is 42.3 Å². The van der Waals surface area contributed by atoms with Gasteiger partial charge in [-0.3, -0.25) is 0 Å². The molecule has 0 radical (unpaired) electrons. The van der Waals surface area contributed by atoms with Crippen molar-refractivity contribution in [3.05, 3.63) is 59.7 Å². The van der Waals surface area contributed by atoms with Crippen LogP contribution in [-0.2, 0) is 13.0 Å². The van der Waals surface area contributed by atoms with Gasteiger partial charge in [-0.1, -0.05) is 44.2 Å². The van der Waals surface area contributed by atoms with Gasteiger partial charge in [0.2, 0.25) is 0 Å². The lowest BCUT2D eigenvalue weighted by Crippen LogP contribution is -2.11. The Kier molecular flexibility index (Phi) is 4.99. The maximum absolute atomic E-state index is 5.94. The zero-order chi connectivity index (χ0) is 13.5. The Hall–Kier alpha value is -1.80. The van der Waals surface area contributed by atoms with E-state index in [1.54, 1.807) is 0 Å². The van der Waals surface area contributed by atoms with Crippen LogP contribution >= 0.6 is 0 Å². The number of aryl methyl sites for hydroxylation is 1. The van der Waals surface area contributed by atoms with Gasteiger partial charge in [-0.15, -0.1) is 0 Å². The highest BCUT2D eigenvalue weighted by Crippen LogP contribution is 2.25. The van der Waals surface area contributed by atoms with Crippen LogP contribution in [0.3, 0.4) is 0 Å². The number of ether oxygens (including phenoxy) is 1. The molecule has 0 atom stereocenters. The minimum absolute atomic E-state index is 0.890. The Morgan fingerprint density at radius 2 is 1.68 bits per heavy atom. The number of para-hydroxylation sites is 1. The van der Waals surface area contributed by atoms with Gasteiger partial charge in [-0.25, -0.2) is 0 Å². The fourth-order valence-corrected chi connectivity index (χ4v) is 1.97. The molecule has 0 fully saturated rings. The van der Waals surface area contributed by atoms with E-state index in [4.69, 9.17) is 4.74 Å². The minimum atomic E-state index is 0.890. The molecule has 0 saturated heterocycles. The largest absolute Gasteiger partial charge is 0.457 e. The molecule has 0 unspecified atom stereocenters. The van der Waals surface area contributed by atoms with Crippen molar-refractivity contribution in [3.8, 4) is 11.5 Å². The number of hydrogen-bond acceptors (Lipinski definition) is 2. The second-order valence-electron chi connectivity index (χ2n) is 4.49. The molecule has 2 nitrogen and oxygen atoms in total. The lowest BCUT2D eigenvalue weighted by molar-refractivity contribution is 0.476. The van der Waals surface area contributed by atoms with Crippen LogP contribution in [0.4, 0.5) is 0 Å². The van der Waals surface area contributed by atoms with Gasteiger partial charge in [0.1, 0.15) is 11.5 Å². The van der Waals surface area contributed by atoms with Gasteiger partial charge >= 0.3 is 0 Å². The van der Waals surface area contributed by atoms with E-state index in [9.17, 15) is 0 Å². The van der Waals surface area contributed by atoms with Crippen molar-refractivity contribution < 1.29 is 4.74 Å². The van der Waals surface area contributed by atoms with Crippen LogP contribution in [0, 0.1) is 0 Å². The molecule has 0 aromatic heterocycles. The molecule has 0 amide bonds. The first kappa shape index (κ1) is 13.6. The second-order valence-corrected chi connectivity index (χ2v) is 4.49. The third-order valence-corrected chi connectivity index (χ3v) is 3.08. The lowest BCUT2D eigenvalue weighted by atomic mass is 10.1. The summed E-state index contributed by atoms with van der Waals surface area (Å²) in [7, 11) is 0. The number of rotatable bonds is 6. The fraction of sp³-hybridized carbons (Fsp3) is 0.294. The van der Waals surface area contributed by atoms with Crippen molar-refractivity contribution in [2.75, 3.05) is 6.54 Å². The smallest absolute Gasteiger partial charge is 0.130 e. The third kappa shape index (κ3) is 3.83. The molecular weight excluding hydrogens is 234 g/mol. The van der Waals surface area contributed by atoms with Gasteiger partial charge in [0, 0.05) is 6.54 Å². The Balaban J connectivity index is 2.06. The topological polar surface area (TPSA) is 21.3 Å². The van der Waals surface area contributed by atoms with E-state index < -0.39 is 0 Å². The van der Waals surface area contributed by atoms with Crippen LogP contribution in [0.5, 0.6) is 11.5 Å². The zero-order valence-electron chi connectivity index (χ0n) is 11.6. The Bertz CT molecular complexity index is 505. The van der Waals surface area contributed by atoms with E-state index in [0.717, 1.165) is 31.0 Å². The maximum atomic E-state index is 5.94. The summed E-state index contributed by atoms with van der Waals surface area (Å²) in [6.45, 7) is 6.14. The van der Waals surface area contributed by atoms with Crippen LogP contribution in [0.15, 0.2) is 48.5 Å². The predicted octanol–water partition coefficient (Wildman–Crippen LogP) is 4.15. The summed E-state index contributed by atoms with van der Waals surface area (Å²) in [5, 5.41) is 3.31. The molecule has 1 N–H and O–H groups in total. The van der Waals surface area contributed by atoms with Crippen LogP contribution in [0.2, 0.25) is 0 Å². The summed E-state index contributed by atoms with van der Waals surface area (Å²) in [6, 6.07) is 16.4. The molecule has 0 spiro atoms. The summed E-state index contributed by atoms with van der Waals surface area (Å²) in [5.41, 5.74) is 2.51. The molecule has 2 aromatic carbocycles. The first-order valence-corrected chi connectivity index (χ1v) is 6.89. The summed E-state index contributed by atoms with van der Waals surface area (Å²) >= 11 is 0. The molecule has 0 aliphatic heterocycles. The molecule has 100 valence electrons. The monoisotopic (exact) mass is 255 g/mol. The highest BCUT2D eigenvalue weighted by atomic mass is 16.5. The van der Waals surface area contributed by atoms with Crippen LogP contribution in [0.25, 0.3) is 0 Å². The van der Waals surface area contributed by atoms with E-state index in [-0.39, 0.29) is 0 Å². The van der Waals surface area contributed by atoms with Crippen LogP contribution in [-0.4, -0.2) is 6.54 Å². The highest BCUT2D eigenvalue weighted by molar-refractivity contribution is 5.38. The number of hydrogen-bond donors (Lipinski definition) is 1. The van der Waals surface area contributed by atoms with E-state index in [1.807, 2.05) is 30.3 Å².